The minimum absolute atomic E-state index is 0.168. The molecule has 0 bridgehead atoms. The zero-order valence-electron chi connectivity index (χ0n) is 9.13. The van der Waals surface area contributed by atoms with Gasteiger partial charge in [-0.25, -0.2) is 4.68 Å². The molecule has 16 heavy (non-hydrogen) atoms. The summed E-state index contributed by atoms with van der Waals surface area (Å²) in [5, 5.41) is 4.46. The number of nitrogens with two attached hydrogens (primary N) is 1. The zero-order chi connectivity index (χ0) is 11.0. The molecule has 3 heteroatoms. The number of nitrogens with zero attached hydrogens (tertiary/aromatic N) is 2. The van der Waals surface area contributed by atoms with E-state index in [2.05, 4.69) is 17.2 Å². The molecule has 1 aliphatic carbocycles. The molecule has 1 aromatic carbocycles. The number of para-hydroxylation sites is 1. The van der Waals surface area contributed by atoms with Crippen molar-refractivity contribution in [2.75, 3.05) is 0 Å². The van der Waals surface area contributed by atoms with Crippen molar-refractivity contribution >= 4 is 0 Å². The van der Waals surface area contributed by atoms with E-state index in [4.69, 9.17) is 5.73 Å². The van der Waals surface area contributed by atoms with Gasteiger partial charge >= 0.3 is 0 Å². The minimum Gasteiger partial charge on any atom is -0.324 e. The molecule has 0 aliphatic heterocycles. The fourth-order valence-electron chi connectivity index (χ4n) is 2.38. The lowest BCUT2D eigenvalue weighted by atomic mass is 9.94. The van der Waals surface area contributed by atoms with E-state index in [9.17, 15) is 0 Å². The van der Waals surface area contributed by atoms with Crippen molar-refractivity contribution in [3.8, 4) is 5.69 Å². The molecular weight excluding hydrogens is 198 g/mol. The summed E-state index contributed by atoms with van der Waals surface area (Å²) in [5.74, 6) is 0. The molecule has 82 valence electrons. The van der Waals surface area contributed by atoms with E-state index in [-0.39, 0.29) is 6.04 Å². The Morgan fingerprint density at radius 3 is 2.88 bits per heavy atom. The Balaban J connectivity index is 2.10. The van der Waals surface area contributed by atoms with Crippen LogP contribution in [0, 0.1) is 0 Å². The summed E-state index contributed by atoms with van der Waals surface area (Å²) in [4.78, 5) is 0. The second kappa shape index (κ2) is 3.76. The molecule has 1 unspecified atom stereocenters. The summed E-state index contributed by atoms with van der Waals surface area (Å²) in [6, 6.07) is 10.4. The predicted octanol–water partition coefficient (Wildman–Crippen LogP) is 2.21. The SMILES string of the molecule is NC1CCCc2c1cnn2-c1ccccc1. The van der Waals surface area contributed by atoms with E-state index in [1.807, 2.05) is 29.1 Å². The lowest BCUT2D eigenvalue weighted by Gasteiger charge is -2.19. The van der Waals surface area contributed by atoms with Gasteiger partial charge in [0.05, 0.1) is 11.9 Å². The van der Waals surface area contributed by atoms with Crippen LogP contribution in [0.2, 0.25) is 0 Å². The molecule has 3 nitrogen and oxygen atoms in total. The smallest absolute Gasteiger partial charge is 0.0648 e. The standard InChI is InChI=1S/C13H15N3/c14-12-7-4-8-13-11(12)9-15-16(13)10-5-2-1-3-6-10/h1-3,5-6,9,12H,4,7-8,14H2. The van der Waals surface area contributed by atoms with Crippen molar-refractivity contribution in [1.82, 2.24) is 9.78 Å². The molecule has 1 aromatic heterocycles. The molecule has 0 fully saturated rings. The van der Waals surface area contributed by atoms with Crippen LogP contribution in [0.4, 0.5) is 0 Å². The molecule has 3 rings (SSSR count). The average Bonchev–Trinajstić information content (AvgIpc) is 2.75. The van der Waals surface area contributed by atoms with Crippen LogP contribution in [-0.2, 0) is 6.42 Å². The van der Waals surface area contributed by atoms with Gasteiger partial charge in [-0.05, 0) is 31.4 Å². The fourth-order valence-corrected chi connectivity index (χ4v) is 2.38. The minimum atomic E-state index is 0.168. The highest BCUT2D eigenvalue weighted by Crippen LogP contribution is 2.28. The first kappa shape index (κ1) is 9.60. The van der Waals surface area contributed by atoms with Crippen LogP contribution in [0.25, 0.3) is 5.69 Å². The highest BCUT2D eigenvalue weighted by atomic mass is 15.3. The first-order valence-corrected chi connectivity index (χ1v) is 5.74. The number of rotatable bonds is 1. The maximum absolute atomic E-state index is 6.08. The van der Waals surface area contributed by atoms with Gasteiger partial charge in [0.1, 0.15) is 0 Å². The monoisotopic (exact) mass is 213 g/mol. The molecule has 1 heterocycles. The van der Waals surface area contributed by atoms with E-state index in [0.717, 1.165) is 24.9 Å². The van der Waals surface area contributed by atoms with Crippen LogP contribution < -0.4 is 5.73 Å². The van der Waals surface area contributed by atoms with Crippen molar-refractivity contribution in [2.45, 2.75) is 25.3 Å². The van der Waals surface area contributed by atoms with Crippen LogP contribution in [0.15, 0.2) is 36.5 Å². The molecule has 2 N–H and O–H groups in total. The highest BCUT2D eigenvalue weighted by molar-refractivity contribution is 5.36. The summed E-state index contributed by atoms with van der Waals surface area (Å²) in [6.45, 7) is 0. The van der Waals surface area contributed by atoms with Gasteiger partial charge in [-0.15, -0.1) is 0 Å². The van der Waals surface area contributed by atoms with Crippen LogP contribution in [0.5, 0.6) is 0 Å². The van der Waals surface area contributed by atoms with Gasteiger partial charge in [0, 0.05) is 17.3 Å². The van der Waals surface area contributed by atoms with Crippen LogP contribution >= 0.6 is 0 Å². The molecule has 0 saturated heterocycles. The third-order valence-electron chi connectivity index (χ3n) is 3.23. The first-order valence-electron chi connectivity index (χ1n) is 5.74. The Morgan fingerprint density at radius 2 is 2.06 bits per heavy atom. The molecule has 0 radical (unpaired) electrons. The summed E-state index contributed by atoms with van der Waals surface area (Å²) < 4.78 is 2.02. The topological polar surface area (TPSA) is 43.8 Å². The quantitative estimate of drug-likeness (QED) is 0.789. The van der Waals surface area contributed by atoms with Crippen LogP contribution in [-0.4, -0.2) is 9.78 Å². The van der Waals surface area contributed by atoms with Crippen LogP contribution in [0.3, 0.4) is 0 Å². The molecule has 2 aromatic rings. The Hall–Kier alpha value is -1.61. The number of fused-ring (bicyclic) bond motifs is 1. The Kier molecular flexibility index (Phi) is 2.26. The van der Waals surface area contributed by atoms with Gasteiger partial charge in [0.25, 0.3) is 0 Å². The average molecular weight is 213 g/mol. The van der Waals surface area contributed by atoms with Gasteiger partial charge in [-0.1, -0.05) is 18.2 Å². The van der Waals surface area contributed by atoms with Gasteiger partial charge in [-0.2, -0.15) is 5.10 Å². The van der Waals surface area contributed by atoms with Crippen molar-refractivity contribution in [3.05, 3.63) is 47.8 Å². The maximum Gasteiger partial charge on any atom is 0.0648 e. The van der Waals surface area contributed by atoms with E-state index in [0.29, 0.717) is 0 Å². The first-order chi connectivity index (χ1) is 7.86. The van der Waals surface area contributed by atoms with E-state index in [1.54, 1.807) is 0 Å². The number of hydrogen-bond acceptors (Lipinski definition) is 2. The largest absolute Gasteiger partial charge is 0.324 e. The lowest BCUT2D eigenvalue weighted by molar-refractivity contribution is 0.558. The second-order valence-electron chi connectivity index (χ2n) is 4.29. The summed E-state index contributed by atoms with van der Waals surface area (Å²) in [6.07, 6.45) is 5.24. The molecule has 1 atom stereocenters. The predicted molar refractivity (Wildman–Crippen MR) is 63.4 cm³/mol. The molecule has 1 aliphatic rings. The normalized spacial score (nSPS) is 19.4. The second-order valence-corrected chi connectivity index (χ2v) is 4.29. The highest BCUT2D eigenvalue weighted by Gasteiger charge is 2.21. The zero-order valence-corrected chi connectivity index (χ0v) is 9.13. The molecule has 0 amide bonds. The summed E-state index contributed by atoms with van der Waals surface area (Å²) in [7, 11) is 0. The fraction of sp³-hybridized carbons (Fsp3) is 0.308. The van der Waals surface area contributed by atoms with E-state index in [1.165, 1.54) is 11.3 Å². The number of hydrogen-bond donors (Lipinski definition) is 1. The number of aromatic nitrogens is 2. The summed E-state index contributed by atoms with van der Waals surface area (Å²) in [5.41, 5.74) is 9.71. The maximum atomic E-state index is 6.08. The Labute approximate surface area is 94.9 Å². The molecule has 0 spiro atoms. The van der Waals surface area contributed by atoms with Crippen molar-refractivity contribution in [2.24, 2.45) is 5.73 Å². The third kappa shape index (κ3) is 1.44. The van der Waals surface area contributed by atoms with Crippen LogP contribution in [0.1, 0.15) is 30.1 Å². The molecular formula is C13H15N3. The van der Waals surface area contributed by atoms with Crippen molar-refractivity contribution in [1.29, 1.82) is 0 Å². The Morgan fingerprint density at radius 1 is 1.25 bits per heavy atom. The Bertz CT molecular complexity index is 487. The van der Waals surface area contributed by atoms with E-state index >= 15 is 0 Å². The van der Waals surface area contributed by atoms with Gasteiger partial charge in [0.15, 0.2) is 0 Å². The van der Waals surface area contributed by atoms with Crippen molar-refractivity contribution in [3.63, 3.8) is 0 Å². The van der Waals surface area contributed by atoms with Crippen molar-refractivity contribution < 1.29 is 0 Å². The number of benzene rings is 1. The van der Waals surface area contributed by atoms with E-state index < -0.39 is 0 Å². The van der Waals surface area contributed by atoms with Gasteiger partial charge < -0.3 is 5.73 Å². The third-order valence-corrected chi connectivity index (χ3v) is 3.23. The summed E-state index contributed by atoms with van der Waals surface area (Å²) >= 11 is 0. The lowest BCUT2D eigenvalue weighted by Crippen LogP contribution is -2.17. The van der Waals surface area contributed by atoms with Gasteiger partial charge in [-0.3, -0.25) is 0 Å². The van der Waals surface area contributed by atoms with Gasteiger partial charge in [0.2, 0.25) is 0 Å². The molecule has 0 saturated carbocycles.